The van der Waals surface area contributed by atoms with Crippen LogP contribution in [0, 0.1) is 20.8 Å². The number of aliphatic hydroxyl groups is 1. The maximum atomic E-state index is 12.3. The minimum absolute atomic E-state index is 0.115. The SMILES string of the molecule is Cc1csc(CO)c1S(=O)(=O)NCc1c(C)noc1C. The molecule has 110 valence electrons. The van der Waals surface area contributed by atoms with E-state index in [1.54, 1.807) is 26.2 Å². The van der Waals surface area contributed by atoms with Crippen molar-refractivity contribution < 1.29 is 18.0 Å². The number of thiophene rings is 1. The van der Waals surface area contributed by atoms with E-state index in [9.17, 15) is 13.5 Å². The van der Waals surface area contributed by atoms with Crippen molar-refractivity contribution in [3.8, 4) is 0 Å². The standard InChI is InChI=1S/C12H16N2O4S2/c1-7-6-19-11(5-15)12(7)20(16,17)13-4-10-8(2)14-18-9(10)3/h6,13,15H,4-5H2,1-3H3. The van der Waals surface area contributed by atoms with Gasteiger partial charge in [-0.25, -0.2) is 13.1 Å². The van der Waals surface area contributed by atoms with E-state index < -0.39 is 10.0 Å². The molecular weight excluding hydrogens is 300 g/mol. The highest BCUT2D eigenvalue weighted by molar-refractivity contribution is 7.89. The van der Waals surface area contributed by atoms with Gasteiger partial charge in [-0.15, -0.1) is 11.3 Å². The summed E-state index contributed by atoms with van der Waals surface area (Å²) in [6, 6.07) is 0. The van der Waals surface area contributed by atoms with Crippen molar-refractivity contribution in [1.29, 1.82) is 0 Å². The third kappa shape index (κ3) is 2.78. The summed E-state index contributed by atoms with van der Waals surface area (Å²) in [6.45, 7) is 5.03. The summed E-state index contributed by atoms with van der Waals surface area (Å²) < 4.78 is 32.2. The number of sulfonamides is 1. The first-order chi connectivity index (χ1) is 9.36. The number of nitrogens with zero attached hydrogens (tertiary/aromatic N) is 1. The summed E-state index contributed by atoms with van der Waals surface area (Å²) in [5.41, 5.74) is 2.02. The van der Waals surface area contributed by atoms with E-state index in [1.165, 1.54) is 11.3 Å². The van der Waals surface area contributed by atoms with Crippen LogP contribution in [-0.2, 0) is 23.2 Å². The minimum atomic E-state index is -3.67. The summed E-state index contributed by atoms with van der Waals surface area (Å²) in [5.74, 6) is 0.592. The van der Waals surface area contributed by atoms with Gasteiger partial charge in [-0.3, -0.25) is 0 Å². The summed E-state index contributed by atoms with van der Waals surface area (Å²) >= 11 is 1.23. The molecule has 0 aliphatic carbocycles. The van der Waals surface area contributed by atoms with Gasteiger partial charge in [0.2, 0.25) is 10.0 Å². The van der Waals surface area contributed by atoms with E-state index in [0.717, 1.165) is 5.56 Å². The molecule has 2 aromatic rings. The second kappa shape index (κ2) is 5.65. The van der Waals surface area contributed by atoms with Crippen LogP contribution in [0.3, 0.4) is 0 Å². The molecule has 0 fully saturated rings. The number of aromatic nitrogens is 1. The Morgan fingerprint density at radius 2 is 2.10 bits per heavy atom. The Hall–Kier alpha value is -1.22. The van der Waals surface area contributed by atoms with Gasteiger partial charge in [0, 0.05) is 12.1 Å². The van der Waals surface area contributed by atoms with Crippen LogP contribution in [0.25, 0.3) is 0 Å². The quantitative estimate of drug-likeness (QED) is 0.874. The van der Waals surface area contributed by atoms with Crippen molar-refractivity contribution in [2.45, 2.75) is 38.8 Å². The third-order valence-corrected chi connectivity index (χ3v) is 5.87. The molecule has 2 heterocycles. The number of hydrogen-bond donors (Lipinski definition) is 2. The lowest BCUT2D eigenvalue weighted by Crippen LogP contribution is -2.24. The highest BCUT2D eigenvalue weighted by atomic mass is 32.2. The van der Waals surface area contributed by atoms with Crippen molar-refractivity contribution in [3.63, 3.8) is 0 Å². The van der Waals surface area contributed by atoms with Gasteiger partial charge in [0.05, 0.1) is 17.2 Å². The fraction of sp³-hybridized carbons (Fsp3) is 0.417. The zero-order chi connectivity index (χ0) is 14.9. The van der Waals surface area contributed by atoms with Gasteiger partial charge in [0.1, 0.15) is 10.7 Å². The van der Waals surface area contributed by atoms with Gasteiger partial charge in [0.25, 0.3) is 0 Å². The Balaban J connectivity index is 2.26. The molecule has 8 heteroatoms. The summed E-state index contributed by atoms with van der Waals surface area (Å²) in [5, 5.41) is 14.7. The normalized spacial score (nSPS) is 12.0. The van der Waals surface area contributed by atoms with E-state index in [4.69, 9.17) is 4.52 Å². The molecule has 20 heavy (non-hydrogen) atoms. The first-order valence-corrected chi connectivity index (χ1v) is 8.32. The molecule has 2 N–H and O–H groups in total. The lowest BCUT2D eigenvalue weighted by molar-refractivity contribution is 0.282. The van der Waals surface area contributed by atoms with Gasteiger partial charge in [-0.2, -0.15) is 0 Å². The second-order valence-electron chi connectivity index (χ2n) is 4.46. The second-order valence-corrected chi connectivity index (χ2v) is 7.12. The van der Waals surface area contributed by atoms with Crippen LogP contribution in [-0.4, -0.2) is 18.7 Å². The van der Waals surface area contributed by atoms with E-state index in [2.05, 4.69) is 9.88 Å². The lowest BCUT2D eigenvalue weighted by Gasteiger charge is -2.08. The van der Waals surface area contributed by atoms with Crippen molar-refractivity contribution in [2.75, 3.05) is 0 Å². The highest BCUT2D eigenvalue weighted by Gasteiger charge is 2.23. The minimum Gasteiger partial charge on any atom is -0.391 e. The van der Waals surface area contributed by atoms with Crippen LogP contribution in [0.2, 0.25) is 0 Å². The van der Waals surface area contributed by atoms with Crippen LogP contribution in [0.4, 0.5) is 0 Å². The summed E-state index contributed by atoms with van der Waals surface area (Å²) in [7, 11) is -3.67. The van der Waals surface area contributed by atoms with Crippen molar-refractivity contribution >= 4 is 21.4 Å². The highest BCUT2D eigenvalue weighted by Crippen LogP contribution is 2.27. The average Bonchev–Trinajstić information content (AvgIpc) is 2.91. The molecule has 0 bridgehead atoms. The molecular formula is C12H16N2O4S2. The fourth-order valence-corrected chi connectivity index (χ4v) is 4.60. The predicted octanol–water partition coefficient (Wildman–Crippen LogP) is 1.63. The van der Waals surface area contributed by atoms with E-state index in [1.807, 2.05) is 0 Å². The number of nitrogens with one attached hydrogen (secondary N) is 1. The number of aliphatic hydroxyl groups excluding tert-OH is 1. The molecule has 0 unspecified atom stereocenters. The largest absolute Gasteiger partial charge is 0.391 e. The number of rotatable bonds is 5. The van der Waals surface area contributed by atoms with Gasteiger partial charge in [0.15, 0.2) is 0 Å². The smallest absolute Gasteiger partial charge is 0.242 e. The summed E-state index contributed by atoms with van der Waals surface area (Å²) in [6.07, 6.45) is 0. The van der Waals surface area contributed by atoms with Gasteiger partial charge in [-0.1, -0.05) is 5.16 Å². The van der Waals surface area contributed by atoms with Gasteiger partial charge in [-0.05, 0) is 31.7 Å². The molecule has 0 saturated heterocycles. The first-order valence-electron chi connectivity index (χ1n) is 5.96. The Morgan fingerprint density at radius 3 is 2.65 bits per heavy atom. The lowest BCUT2D eigenvalue weighted by atomic mass is 10.2. The molecule has 0 aliphatic heterocycles. The Kier molecular flexibility index (Phi) is 4.28. The zero-order valence-corrected chi connectivity index (χ0v) is 13.1. The van der Waals surface area contributed by atoms with Crippen LogP contribution >= 0.6 is 11.3 Å². The van der Waals surface area contributed by atoms with E-state index in [-0.39, 0.29) is 18.0 Å². The molecule has 0 aromatic carbocycles. The average molecular weight is 316 g/mol. The topological polar surface area (TPSA) is 92.4 Å². The first kappa shape index (κ1) is 15.2. The molecule has 0 radical (unpaired) electrons. The van der Waals surface area contributed by atoms with E-state index >= 15 is 0 Å². The Bertz CT molecular complexity index is 696. The van der Waals surface area contributed by atoms with Crippen molar-refractivity contribution in [2.24, 2.45) is 0 Å². The zero-order valence-electron chi connectivity index (χ0n) is 11.4. The maximum Gasteiger partial charge on any atom is 0.242 e. The van der Waals surface area contributed by atoms with E-state index in [0.29, 0.717) is 21.9 Å². The van der Waals surface area contributed by atoms with Gasteiger partial charge >= 0.3 is 0 Å². The Labute approximate surface area is 121 Å². The van der Waals surface area contributed by atoms with Crippen LogP contribution in [0.1, 0.15) is 27.5 Å². The molecule has 0 spiro atoms. The van der Waals surface area contributed by atoms with Crippen molar-refractivity contribution in [1.82, 2.24) is 9.88 Å². The van der Waals surface area contributed by atoms with Gasteiger partial charge < -0.3 is 9.63 Å². The molecule has 2 aromatic heterocycles. The van der Waals surface area contributed by atoms with Crippen LogP contribution in [0.15, 0.2) is 14.8 Å². The molecule has 2 rings (SSSR count). The third-order valence-electron chi connectivity index (χ3n) is 3.02. The Morgan fingerprint density at radius 1 is 1.40 bits per heavy atom. The number of aryl methyl sites for hydroxylation is 3. The molecule has 6 nitrogen and oxygen atoms in total. The fourth-order valence-electron chi connectivity index (χ4n) is 1.95. The molecule has 0 atom stereocenters. The van der Waals surface area contributed by atoms with Crippen molar-refractivity contribution in [3.05, 3.63) is 32.8 Å². The predicted molar refractivity (Wildman–Crippen MR) is 75.0 cm³/mol. The van der Waals surface area contributed by atoms with Crippen LogP contribution < -0.4 is 4.72 Å². The molecule has 0 aliphatic rings. The molecule has 0 saturated carbocycles. The number of hydrogen-bond acceptors (Lipinski definition) is 6. The maximum absolute atomic E-state index is 12.3. The molecule has 0 amide bonds. The summed E-state index contributed by atoms with van der Waals surface area (Å²) in [4.78, 5) is 0.602. The van der Waals surface area contributed by atoms with Crippen LogP contribution in [0.5, 0.6) is 0 Å². The monoisotopic (exact) mass is 316 g/mol.